The van der Waals surface area contributed by atoms with Crippen LogP contribution in [0.3, 0.4) is 0 Å². The smallest absolute Gasteiger partial charge is 0.0153 e. The molecule has 1 aromatic carbocycles. The van der Waals surface area contributed by atoms with Crippen LogP contribution in [-0.2, 0) is 0 Å². The van der Waals surface area contributed by atoms with Crippen LogP contribution in [-0.4, -0.2) is 12.3 Å². The lowest BCUT2D eigenvalue weighted by molar-refractivity contribution is 0.629. The van der Waals surface area contributed by atoms with Gasteiger partial charge < -0.3 is 0 Å². The topological polar surface area (TPSA) is 0 Å². The van der Waals surface area contributed by atoms with E-state index in [0.29, 0.717) is 0 Å². The number of hydrogen-bond acceptors (Lipinski definition) is 0. The molecular formula is C13H19P. The molecule has 0 aromatic heterocycles. The van der Waals surface area contributed by atoms with Crippen LogP contribution in [0.2, 0.25) is 0 Å². The van der Waals surface area contributed by atoms with Gasteiger partial charge in [-0.3, -0.25) is 0 Å². The molecule has 0 unspecified atom stereocenters. The third-order valence-corrected chi connectivity index (χ3v) is 4.71. The fourth-order valence-electron chi connectivity index (χ4n) is 2.35. The summed E-state index contributed by atoms with van der Waals surface area (Å²) >= 11 is 0. The Hall–Kier alpha value is -0.350. The molecule has 1 saturated heterocycles. The molecule has 0 atom stereocenters. The lowest BCUT2D eigenvalue weighted by Crippen LogP contribution is -2.08. The van der Waals surface area contributed by atoms with Crippen molar-refractivity contribution in [2.45, 2.75) is 32.6 Å². The summed E-state index contributed by atoms with van der Waals surface area (Å²) in [6.45, 7) is 4.50. The highest BCUT2D eigenvalue weighted by atomic mass is 31.1. The molecule has 14 heavy (non-hydrogen) atoms. The van der Waals surface area contributed by atoms with Crippen molar-refractivity contribution in [1.29, 1.82) is 0 Å². The molecule has 1 aliphatic heterocycles. The van der Waals surface area contributed by atoms with Crippen molar-refractivity contribution >= 4 is 8.58 Å². The van der Waals surface area contributed by atoms with Gasteiger partial charge in [-0.1, -0.05) is 18.2 Å². The molecule has 76 valence electrons. The van der Waals surface area contributed by atoms with Crippen LogP contribution >= 0.6 is 8.58 Å². The van der Waals surface area contributed by atoms with E-state index in [4.69, 9.17) is 0 Å². The summed E-state index contributed by atoms with van der Waals surface area (Å²) in [6, 6.07) is 6.78. The first-order chi connectivity index (χ1) is 6.79. The minimum absolute atomic E-state index is 0.858. The van der Waals surface area contributed by atoms with Crippen LogP contribution in [0.15, 0.2) is 18.2 Å². The van der Waals surface area contributed by atoms with Gasteiger partial charge in [0.05, 0.1) is 0 Å². The molecule has 0 aliphatic carbocycles. The van der Waals surface area contributed by atoms with E-state index in [-0.39, 0.29) is 0 Å². The number of benzene rings is 1. The molecule has 1 aliphatic rings. The average Bonchev–Trinajstić information content (AvgIpc) is 2.23. The molecule has 0 spiro atoms. The summed E-state index contributed by atoms with van der Waals surface area (Å²) in [5.74, 6) is 0.858. The molecule has 2 rings (SSSR count). The standard InChI is InChI=1S/C13H19P/c1-10-4-3-5-13(11(10)2)12-6-8-14-9-7-12/h3-5,12,14H,6-9H2,1-2H3. The zero-order valence-electron chi connectivity index (χ0n) is 9.14. The van der Waals surface area contributed by atoms with Crippen LogP contribution in [0.1, 0.15) is 35.4 Å². The minimum atomic E-state index is 0.858. The van der Waals surface area contributed by atoms with Crippen molar-refractivity contribution in [3.8, 4) is 0 Å². The molecule has 0 N–H and O–H groups in total. The van der Waals surface area contributed by atoms with Gasteiger partial charge in [-0.05, 0) is 61.6 Å². The molecule has 0 amide bonds. The molecular weight excluding hydrogens is 187 g/mol. The summed E-state index contributed by atoms with van der Waals surface area (Å²) in [4.78, 5) is 0. The van der Waals surface area contributed by atoms with Crippen LogP contribution in [0.4, 0.5) is 0 Å². The Morgan fingerprint density at radius 2 is 1.86 bits per heavy atom. The summed E-state index contributed by atoms with van der Waals surface area (Å²) in [6.07, 6.45) is 5.75. The van der Waals surface area contributed by atoms with Crippen molar-refractivity contribution in [2.75, 3.05) is 12.3 Å². The van der Waals surface area contributed by atoms with E-state index >= 15 is 0 Å². The van der Waals surface area contributed by atoms with Gasteiger partial charge in [0.2, 0.25) is 0 Å². The lowest BCUT2D eigenvalue weighted by Gasteiger charge is -2.24. The highest BCUT2D eigenvalue weighted by Gasteiger charge is 2.17. The Labute approximate surface area is 88.9 Å². The highest BCUT2D eigenvalue weighted by molar-refractivity contribution is 7.38. The van der Waals surface area contributed by atoms with Gasteiger partial charge in [-0.2, -0.15) is 0 Å². The van der Waals surface area contributed by atoms with Gasteiger partial charge in [0.15, 0.2) is 0 Å². The Kier molecular flexibility index (Phi) is 3.23. The second kappa shape index (κ2) is 4.45. The Morgan fingerprint density at radius 3 is 2.57 bits per heavy atom. The van der Waals surface area contributed by atoms with E-state index in [2.05, 4.69) is 32.0 Å². The summed E-state index contributed by atoms with van der Waals surface area (Å²) in [5.41, 5.74) is 4.60. The van der Waals surface area contributed by atoms with E-state index in [1.165, 1.54) is 44.9 Å². The first-order valence-corrected chi connectivity index (χ1v) is 6.97. The van der Waals surface area contributed by atoms with Crippen LogP contribution in [0.5, 0.6) is 0 Å². The first-order valence-electron chi connectivity index (χ1n) is 5.56. The fraction of sp³-hybridized carbons (Fsp3) is 0.538. The summed E-state index contributed by atoms with van der Waals surface area (Å²) < 4.78 is 0. The van der Waals surface area contributed by atoms with Crippen LogP contribution in [0.25, 0.3) is 0 Å². The zero-order valence-corrected chi connectivity index (χ0v) is 10.1. The van der Waals surface area contributed by atoms with Gasteiger partial charge in [-0.15, -0.1) is 8.58 Å². The maximum atomic E-state index is 2.33. The quantitative estimate of drug-likeness (QED) is 0.612. The predicted octanol–water partition coefficient (Wildman–Crippen LogP) is 3.86. The van der Waals surface area contributed by atoms with Crippen molar-refractivity contribution < 1.29 is 0 Å². The monoisotopic (exact) mass is 206 g/mol. The number of aryl methyl sites for hydroxylation is 1. The van der Waals surface area contributed by atoms with Gasteiger partial charge in [0, 0.05) is 0 Å². The highest BCUT2D eigenvalue weighted by Crippen LogP contribution is 2.36. The van der Waals surface area contributed by atoms with Gasteiger partial charge >= 0.3 is 0 Å². The second-order valence-electron chi connectivity index (χ2n) is 4.31. The molecule has 1 aromatic rings. The normalized spacial score (nSPS) is 24.0. The Bertz CT molecular complexity index is 311. The average molecular weight is 206 g/mol. The molecule has 1 heterocycles. The Balaban J connectivity index is 2.26. The SMILES string of the molecule is Cc1cccc(C2CCPCC2)c1C. The molecule has 1 heteroatoms. The maximum absolute atomic E-state index is 2.33. The van der Waals surface area contributed by atoms with E-state index in [9.17, 15) is 0 Å². The third kappa shape index (κ3) is 2.01. The van der Waals surface area contributed by atoms with Gasteiger partial charge in [-0.25, -0.2) is 0 Å². The van der Waals surface area contributed by atoms with Crippen LogP contribution in [0, 0.1) is 13.8 Å². The fourth-order valence-corrected chi connectivity index (χ4v) is 3.70. The summed E-state index contributed by atoms with van der Waals surface area (Å²) in [5, 5.41) is 0. The van der Waals surface area contributed by atoms with E-state index in [0.717, 1.165) is 5.92 Å². The van der Waals surface area contributed by atoms with Crippen LogP contribution < -0.4 is 0 Å². The van der Waals surface area contributed by atoms with Crippen molar-refractivity contribution in [2.24, 2.45) is 0 Å². The molecule has 1 fully saturated rings. The van der Waals surface area contributed by atoms with Gasteiger partial charge in [0.1, 0.15) is 0 Å². The number of rotatable bonds is 1. The largest absolute Gasteiger partial charge is 0.122 e. The molecule has 0 radical (unpaired) electrons. The minimum Gasteiger partial charge on any atom is -0.122 e. The third-order valence-electron chi connectivity index (χ3n) is 3.43. The van der Waals surface area contributed by atoms with Crippen molar-refractivity contribution in [3.05, 3.63) is 34.9 Å². The molecule has 0 bridgehead atoms. The van der Waals surface area contributed by atoms with Gasteiger partial charge in [0.25, 0.3) is 0 Å². The predicted molar refractivity (Wildman–Crippen MR) is 65.9 cm³/mol. The zero-order chi connectivity index (χ0) is 9.97. The Morgan fingerprint density at radius 1 is 1.14 bits per heavy atom. The summed E-state index contributed by atoms with van der Waals surface area (Å²) in [7, 11) is 1.23. The molecule has 0 nitrogen and oxygen atoms in total. The number of hydrogen-bond donors (Lipinski definition) is 0. The van der Waals surface area contributed by atoms with E-state index < -0.39 is 0 Å². The van der Waals surface area contributed by atoms with Crippen molar-refractivity contribution in [1.82, 2.24) is 0 Å². The van der Waals surface area contributed by atoms with E-state index in [1.54, 1.807) is 5.56 Å². The molecule has 0 saturated carbocycles. The van der Waals surface area contributed by atoms with Crippen molar-refractivity contribution in [3.63, 3.8) is 0 Å². The first kappa shape index (κ1) is 10.2. The lowest BCUT2D eigenvalue weighted by atomic mass is 9.88. The maximum Gasteiger partial charge on any atom is -0.0153 e. The van der Waals surface area contributed by atoms with E-state index in [1.807, 2.05) is 0 Å². The second-order valence-corrected chi connectivity index (χ2v) is 5.81.